The van der Waals surface area contributed by atoms with Crippen LogP contribution in [0.4, 0.5) is 11.4 Å². The minimum absolute atomic E-state index is 0.00888. The van der Waals surface area contributed by atoms with Crippen molar-refractivity contribution >= 4 is 11.4 Å². The topological polar surface area (TPSA) is 157 Å². The highest BCUT2D eigenvalue weighted by molar-refractivity contribution is 5.77. The molecule has 12 nitrogen and oxygen atoms in total. The van der Waals surface area contributed by atoms with Crippen molar-refractivity contribution in [2.75, 3.05) is 44.2 Å². The first kappa shape index (κ1) is 27.8. The first-order chi connectivity index (χ1) is 19.8. The van der Waals surface area contributed by atoms with Gasteiger partial charge in [-0.2, -0.15) is 5.26 Å². The van der Waals surface area contributed by atoms with Gasteiger partial charge in [-0.15, -0.1) is 0 Å². The molecule has 6 aliphatic rings. The number of aliphatic hydroxyl groups excluding tert-OH is 2. The number of nitrogens with zero attached hydrogens (tertiary/aromatic N) is 4. The van der Waals surface area contributed by atoms with Gasteiger partial charge in [0, 0.05) is 26.3 Å². The fourth-order valence-corrected chi connectivity index (χ4v) is 7.68. The number of hydrogen-bond donors (Lipinski definition) is 7. The summed E-state index contributed by atoms with van der Waals surface area (Å²) in [7, 11) is 4.26. The number of anilines is 2. The number of nitriles is 1. The summed E-state index contributed by atoms with van der Waals surface area (Å²) in [5.41, 5.74) is 9.45. The zero-order chi connectivity index (χ0) is 28.5. The van der Waals surface area contributed by atoms with Gasteiger partial charge in [0.2, 0.25) is 0 Å². The highest BCUT2D eigenvalue weighted by atomic mass is 16.6. The van der Waals surface area contributed by atoms with E-state index in [9.17, 15) is 15.5 Å². The molecule has 3 saturated heterocycles. The van der Waals surface area contributed by atoms with Gasteiger partial charge in [-0.05, 0) is 69.2 Å². The molecule has 0 spiro atoms. The Morgan fingerprint density at radius 3 is 2.73 bits per heavy atom. The second-order valence-corrected chi connectivity index (χ2v) is 13.2. The van der Waals surface area contributed by atoms with E-state index in [0.717, 1.165) is 49.8 Å². The van der Waals surface area contributed by atoms with Gasteiger partial charge in [-0.1, -0.05) is 6.07 Å². The van der Waals surface area contributed by atoms with E-state index >= 15 is 0 Å². The number of hydrogen-bond acceptors (Lipinski definition) is 12. The van der Waals surface area contributed by atoms with Gasteiger partial charge in [0.25, 0.3) is 0 Å². The third-order valence-electron chi connectivity index (χ3n) is 10.7. The molecule has 7 rings (SSSR count). The maximum absolute atomic E-state index is 10.9. The molecule has 224 valence electrons. The van der Waals surface area contributed by atoms with E-state index in [-0.39, 0.29) is 30.0 Å². The first-order valence-electron chi connectivity index (χ1n) is 15.3. The van der Waals surface area contributed by atoms with E-state index in [2.05, 4.69) is 69.4 Å². The minimum atomic E-state index is -0.971. The van der Waals surface area contributed by atoms with Crippen LogP contribution in [0.3, 0.4) is 0 Å². The van der Waals surface area contributed by atoms with Crippen molar-refractivity contribution in [3.05, 3.63) is 23.8 Å². The second-order valence-electron chi connectivity index (χ2n) is 13.2. The van der Waals surface area contributed by atoms with E-state index in [1.807, 2.05) is 4.90 Å². The molecule has 5 fully saturated rings. The molecular weight excluding hydrogens is 522 g/mol. The summed E-state index contributed by atoms with van der Waals surface area (Å²) in [6, 6.07) is 9.47. The molecule has 1 aromatic carbocycles. The SMILES string of the molecule is CN1c2ccc(C3(C#N)CC3)cc2NC1CC[C@H]1C[C@H](N(C)C[C@H]2O[C@@H](N3CNC4C(N)NCNC43)[C@H](O)[C@@H]2O)C1. The van der Waals surface area contributed by atoms with Gasteiger partial charge in [-0.25, -0.2) is 4.90 Å². The standard InChI is InChI=1S/C29H45N9O3/c1-36(12-21-24(39)25(40)28(41-21)38-15-34-23-26(31)32-14-33-27(23)38)18-9-16(10-18)3-6-22-35-19-11-17(29(13-30)7-8-29)4-5-20(19)37(22)2/h4-5,11,16,18,21-28,32-35,39-40H,3,6-10,12,14-15,31H2,1-2H3/t16-,18-,21-,22?,23?,24-,25-,26?,27?,28-/m1/s1. The van der Waals surface area contributed by atoms with Crippen LogP contribution in [0.2, 0.25) is 0 Å². The van der Waals surface area contributed by atoms with E-state index in [4.69, 9.17) is 10.5 Å². The molecule has 1 aromatic rings. The van der Waals surface area contributed by atoms with Crippen LogP contribution in [0.15, 0.2) is 18.2 Å². The van der Waals surface area contributed by atoms with Crippen LogP contribution >= 0.6 is 0 Å². The Kier molecular flexibility index (Phi) is 7.17. The predicted molar refractivity (Wildman–Crippen MR) is 154 cm³/mol. The summed E-state index contributed by atoms with van der Waals surface area (Å²) in [6.07, 6.45) is 3.56. The molecule has 0 aromatic heterocycles. The highest BCUT2D eigenvalue weighted by Crippen LogP contribution is 2.50. The fourth-order valence-electron chi connectivity index (χ4n) is 7.68. The lowest BCUT2D eigenvalue weighted by atomic mass is 9.76. The second kappa shape index (κ2) is 10.6. The molecule has 0 amide bonds. The summed E-state index contributed by atoms with van der Waals surface area (Å²) in [4.78, 5) is 6.67. The average molecular weight is 568 g/mol. The van der Waals surface area contributed by atoms with Crippen molar-refractivity contribution in [2.45, 2.75) is 99.1 Å². The smallest absolute Gasteiger partial charge is 0.142 e. The molecule has 4 heterocycles. The van der Waals surface area contributed by atoms with Crippen LogP contribution in [0.1, 0.15) is 44.1 Å². The number of nitrogens with two attached hydrogens (primary N) is 1. The van der Waals surface area contributed by atoms with E-state index in [1.54, 1.807) is 0 Å². The molecule has 0 bridgehead atoms. The third kappa shape index (κ3) is 4.81. The molecule has 12 heteroatoms. The summed E-state index contributed by atoms with van der Waals surface area (Å²) in [6.45, 7) is 1.71. The monoisotopic (exact) mass is 567 g/mol. The van der Waals surface area contributed by atoms with Crippen LogP contribution in [-0.2, 0) is 10.2 Å². The average Bonchev–Trinajstić information content (AvgIpc) is 3.43. The van der Waals surface area contributed by atoms with Crippen LogP contribution in [0.25, 0.3) is 0 Å². The van der Waals surface area contributed by atoms with Gasteiger partial charge < -0.3 is 35.8 Å². The summed E-state index contributed by atoms with van der Waals surface area (Å²) in [5, 5.41) is 45.0. The van der Waals surface area contributed by atoms with Gasteiger partial charge >= 0.3 is 0 Å². The lowest BCUT2D eigenvalue weighted by molar-refractivity contribution is -0.108. The Hall–Kier alpha value is -2.05. The number of benzene rings is 1. The number of ether oxygens (including phenoxy) is 1. The lowest BCUT2D eigenvalue weighted by Gasteiger charge is -2.43. The van der Waals surface area contributed by atoms with Gasteiger partial charge in [0.05, 0.1) is 54.1 Å². The van der Waals surface area contributed by atoms with Crippen molar-refractivity contribution in [2.24, 2.45) is 11.7 Å². The Morgan fingerprint density at radius 2 is 1.98 bits per heavy atom. The number of nitrogens with one attached hydrogen (secondary N) is 4. The Morgan fingerprint density at radius 1 is 1.17 bits per heavy atom. The van der Waals surface area contributed by atoms with Gasteiger partial charge in [-0.3, -0.25) is 16.0 Å². The fraction of sp³-hybridized carbons (Fsp3) is 0.759. The number of rotatable bonds is 8. The molecule has 8 N–H and O–H groups in total. The molecule has 2 saturated carbocycles. The molecule has 4 unspecified atom stereocenters. The molecule has 41 heavy (non-hydrogen) atoms. The van der Waals surface area contributed by atoms with Crippen molar-refractivity contribution in [3.63, 3.8) is 0 Å². The highest BCUT2D eigenvalue weighted by Gasteiger charge is 2.52. The van der Waals surface area contributed by atoms with Crippen LogP contribution in [-0.4, -0.2) is 109 Å². The summed E-state index contributed by atoms with van der Waals surface area (Å²) >= 11 is 0. The molecule has 8 atom stereocenters. The van der Waals surface area contributed by atoms with Crippen LogP contribution in [0, 0.1) is 17.2 Å². The van der Waals surface area contributed by atoms with Crippen LogP contribution in [0.5, 0.6) is 0 Å². The van der Waals surface area contributed by atoms with Crippen molar-refractivity contribution < 1.29 is 14.9 Å². The van der Waals surface area contributed by atoms with Crippen molar-refractivity contribution in [1.82, 2.24) is 25.8 Å². The van der Waals surface area contributed by atoms with E-state index < -0.39 is 24.5 Å². The normalized spacial score (nSPS) is 41.0. The number of fused-ring (bicyclic) bond motifs is 2. The summed E-state index contributed by atoms with van der Waals surface area (Å²) < 4.78 is 6.28. The van der Waals surface area contributed by atoms with Crippen LogP contribution < -0.4 is 31.9 Å². The third-order valence-corrected chi connectivity index (χ3v) is 10.7. The largest absolute Gasteiger partial charge is 0.387 e. The Balaban J connectivity index is 0.871. The van der Waals surface area contributed by atoms with Crippen molar-refractivity contribution in [3.8, 4) is 6.07 Å². The molecular formula is C29H45N9O3. The van der Waals surface area contributed by atoms with E-state index in [1.165, 1.54) is 5.69 Å². The zero-order valence-electron chi connectivity index (χ0n) is 24.0. The zero-order valence-corrected chi connectivity index (χ0v) is 24.0. The predicted octanol–water partition coefficient (Wildman–Crippen LogP) is -0.641. The van der Waals surface area contributed by atoms with Gasteiger partial charge in [0.15, 0.2) is 0 Å². The Bertz CT molecular complexity index is 1170. The molecule has 4 aliphatic heterocycles. The number of aliphatic hydroxyl groups is 2. The lowest BCUT2D eigenvalue weighted by Crippen LogP contribution is -2.68. The molecule has 2 aliphatic carbocycles. The number of likely N-dealkylation sites (N-methyl/N-ethyl adjacent to an activating group) is 1. The maximum Gasteiger partial charge on any atom is 0.142 e. The van der Waals surface area contributed by atoms with Crippen molar-refractivity contribution in [1.29, 1.82) is 5.26 Å². The first-order valence-corrected chi connectivity index (χ1v) is 15.3. The maximum atomic E-state index is 10.9. The van der Waals surface area contributed by atoms with E-state index in [0.29, 0.717) is 31.8 Å². The quantitative estimate of drug-likeness (QED) is 0.214. The Labute approximate surface area is 242 Å². The summed E-state index contributed by atoms with van der Waals surface area (Å²) in [5.74, 6) is 0.681. The minimum Gasteiger partial charge on any atom is -0.387 e. The van der Waals surface area contributed by atoms with Gasteiger partial charge in [0.1, 0.15) is 24.5 Å². The molecule has 0 radical (unpaired) electrons.